The molecule has 1 amide bonds. The minimum absolute atomic E-state index is 0.112. The second kappa shape index (κ2) is 9.00. The van der Waals surface area contributed by atoms with E-state index in [9.17, 15) is 4.79 Å². The molecule has 4 heteroatoms. The molecule has 1 N–H and O–H groups in total. The number of unbranched alkanes of at least 4 members (excludes halogenated alkanes) is 4. The fourth-order valence-corrected chi connectivity index (χ4v) is 2.24. The third-order valence-electron chi connectivity index (χ3n) is 1.83. The fraction of sp³-hybridized carbons (Fsp3) is 0.889. The van der Waals surface area contributed by atoms with E-state index < -0.39 is 0 Å². The lowest BCUT2D eigenvalue weighted by atomic mass is 10.1. The Labute approximate surface area is 97.1 Å². The SMILES string of the molecule is CCCCCCCC(Br)NC(=O)Br. The number of alkyl halides is 1. The zero-order chi connectivity index (χ0) is 10.1. The fourth-order valence-electron chi connectivity index (χ4n) is 1.12. The first kappa shape index (κ1) is 13.4. The number of halogens is 2. The van der Waals surface area contributed by atoms with Crippen molar-refractivity contribution in [2.45, 2.75) is 50.4 Å². The van der Waals surface area contributed by atoms with Crippen molar-refractivity contribution in [2.75, 3.05) is 0 Å². The number of hydrogen-bond acceptors (Lipinski definition) is 1. The van der Waals surface area contributed by atoms with Crippen LogP contribution in [0.5, 0.6) is 0 Å². The normalized spacial score (nSPS) is 12.5. The van der Waals surface area contributed by atoms with Crippen LogP contribution in [0.25, 0.3) is 0 Å². The van der Waals surface area contributed by atoms with Gasteiger partial charge in [0.2, 0.25) is 0 Å². The topological polar surface area (TPSA) is 29.1 Å². The maximum Gasteiger partial charge on any atom is 0.288 e. The van der Waals surface area contributed by atoms with Gasteiger partial charge in [0, 0.05) is 15.9 Å². The summed E-state index contributed by atoms with van der Waals surface area (Å²) in [5.41, 5.74) is 0. The molecule has 0 fully saturated rings. The summed E-state index contributed by atoms with van der Waals surface area (Å²) in [7, 11) is 0. The lowest BCUT2D eigenvalue weighted by Gasteiger charge is -2.08. The van der Waals surface area contributed by atoms with Gasteiger partial charge in [0.15, 0.2) is 0 Å². The average Bonchev–Trinajstić information content (AvgIpc) is 2.02. The van der Waals surface area contributed by atoms with Crippen LogP contribution in [0.1, 0.15) is 45.4 Å². The van der Waals surface area contributed by atoms with E-state index in [2.05, 4.69) is 44.1 Å². The third kappa shape index (κ3) is 10.4. The van der Waals surface area contributed by atoms with Gasteiger partial charge in [0.1, 0.15) is 0 Å². The van der Waals surface area contributed by atoms with Crippen molar-refractivity contribution in [1.29, 1.82) is 0 Å². The molecule has 2 nitrogen and oxygen atoms in total. The van der Waals surface area contributed by atoms with E-state index in [0.29, 0.717) is 0 Å². The number of carbonyl (C=O) groups is 1. The number of rotatable bonds is 7. The van der Waals surface area contributed by atoms with E-state index in [1.807, 2.05) is 0 Å². The molecule has 13 heavy (non-hydrogen) atoms. The Kier molecular flexibility index (Phi) is 9.30. The van der Waals surface area contributed by atoms with E-state index in [1.54, 1.807) is 0 Å². The van der Waals surface area contributed by atoms with Crippen molar-refractivity contribution < 1.29 is 4.79 Å². The van der Waals surface area contributed by atoms with Gasteiger partial charge in [-0.3, -0.25) is 4.79 Å². The Bertz CT molecular complexity index is 142. The highest BCUT2D eigenvalue weighted by Gasteiger charge is 2.04. The van der Waals surface area contributed by atoms with Gasteiger partial charge in [-0.2, -0.15) is 0 Å². The van der Waals surface area contributed by atoms with Crippen LogP contribution in [0.3, 0.4) is 0 Å². The molecule has 0 spiro atoms. The zero-order valence-corrected chi connectivity index (χ0v) is 11.2. The highest BCUT2D eigenvalue weighted by molar-refractivity contribution is 9.18. The van der Waals surface area contributed by atoms with Gasteiger partial charge in [-0.1, -0.05) is 55.0 Å². The molecule has 0 aliphatic carbocycles. The molecular weight excluding hydrogens is 298 g/mol. The molecule has 78 valence electrons. The predicted octanol–water partition coefficient (Wildman–Crippen LogP) is 4.17. The monoisotopic (exact) mass is 313 g/mol. The van der Waals surface area contributed by atoms with Gasteiger partial charge >= 0.3 is 0 Å². The third-order valence-corrected chi connectivity index (χ3v) is 2.75. The van der Waals surface area contributed by atoms with Crippen LogP contribution in [-0.4, -0.2) is 9.77 Å². The molecule has 1 unspecified atom stereocenters. The van der Waals surface area contributed by atoms with Crippen molar-refractivity contribution in [3.8, 4) is 0 Å². The van der Waals surface area contributed by atoms with Crippen molar-refractivity contribution in [2.24, 2.45) is 0 Å². The summed E-state index contributed by atoms with van der Waals surface area (Å²) in [6, 6.07) is 0. The highest BCUT2D eigenvalue weighted by atomic mass is 79.9. The molecule has 1 atom stereocenters. The quantitative estimate of drug-likeness (QED) is 0.325. The van der Waals surface area contributed by atoms with Crippen LogP contribution in [0.4, 0.5) is 4.79 Å². The minimum Gasteiger partial charge on any atom is -0.334 e. The van der Waals surface area contributed by atoms with Crippen LogP contribution in [0.15, 0.2) is 0 Å². The van der Waals surface area contributed by atoms with E-state index in [-0.39, 0.29) is 9.77 Å². The predicted molar refractivity (Wildman–Crippen MR) is 63.5 cm³/mol. The minimum atomic E-state index is -0.150. The average molecular weight is 315 g/mol. The van der Waals surface area contributed by atoms with Gasteiger partial charge < -0.3 is 5.32 Å². The molecule has 0 saturated carbocycles. The van der Waals surface area contributed by atoms with Crippen molar-refractivity contribution >= 4 is 36.7 Å². The van der Waals surface area contributed by atoms with E-state index >= 15 is 0 Å². The summed E-state index contributed by atoms with van der Waals surface area (Å²) in [6.07, 6.45) is 7.32. The zero-order valence-electron chi connectivity index (χ0n) is 7.98. The van der Waals surface area contributed by atoms with Crippen molar-refractivity contribution in [3.05, 3.63) is 0 Å². The molecule has 0 rings (SSSR count). The van der Waals surface area contributed by atoms with Crippen LogP contribution < -0.4 is 5.32 Å². The molecule has 0 saturated heterocycles. The molecule has 0 aromatic heterocycles. The summed E-state index contributed by atoms with van der Waals surface area (Å²) in [5, 5.41) is 2.73. The van der Waals surface area contributed by atoms with Crippen molar-refractivity contribution in [3.63, 3.8) is 0 Å². The number of nitrogens with one attached hydrogen (secondary N) is 1. The first-order chi connectivity index (χ1) is 6.16. The molecule has 0 aromatic carbocycles. The van der Waals surface area contributed by atoms with Crippen LogP contribution >= 0.6 is 31.9 Å². The Hall–Kier alpha value is 0.430. The van der Waals surface area contributed by atoms with Crippen LogP contribution in [0.2, 0.25) is 0 Å². The lowest BCUT2D eigenvalue weighted by Crippen LogP contribution is -2.24. The summed E-state index contributed by atoms with van der Waals surface area (Å²) in [5.74, 6) is 0. The molecule has 0 bridgehead atoms. The summed E-state index contributed by atoms with van der Waals surface area (Å²) >= 11 is 6.21. The Morgan fingerprint density at radius 2 is 1.92 bits per heavy atom. The van der Waals surface area contributed by atoms with Crippen molar-refractivity contribution in [1.82, 2.24) is 5.32 Å². The standard InChI is InChI=1S/C9H17Br2NO/c1-2-3-4-5-6-7-8(10)12-9(11)13/h8H,2-7H2,1H3,(H,12,13). The molecule has 0 aliphatic heterocycles. The number of carbonyl (C=O) groups excluding carboxylic acids is 1. The molecular formula is C9H17Br2NO. The molecule has 0 heterocycles. The van der Waals surface area contributed by atoms with E-state index in [4.69, 9.17) is 0 Å². The van der Waals surface area contributed by atoms with E-state index in [0.717, 1.165) is 6.42 Å². The second-order valence-electron chi connectivity index (χ2n) is 3.09. The summed E-state index contributed by atoms with van der Waals surface area (Å²) in [6.45, 7) is 2.21. The van der Waals surface area contributed by atoms with Gasteiger partial charge in [-0.15, -0.1) is 0 Å². The molecule has 0 radical (unpaired) electrons. The van der Waals surface area contributed by atoms with Gasteiger partial charge in [0.05, 0.1) is 4.95 Å². The smallest absolute Gasteiger partial charge is 0.288 e. The number of amides is 1. The summed E-state index contributed by atoms with van der Waals surface area (Å²) in [4.78, 5) is 10.5. The summed E-state index contributed by atoms with van der Waals surface area (Å²) < 4.78 is 0. The maximum atomic E-state index is 10.6. The highest BCUT2D eigenvalue weighted by Crippen LogP contribution is 2.11. The second-order valence-corrected chi connectivity index (χ2v) is 4.91. The Morgan fingerprint density at radius 3 is 2.46 bits per heavy atom. The van der Waals surface area contributed by atoms with Gasteiger partial charge in [-0.25, -0.2) is 0 Å². The van der Waals surface area contributed by atoms with Gasteiger partial charge in [-0.05, 0) is 6.42 Å². The van der Waals surface area contributed by atoms with Crippen LogP contribution in [-0.2, 0) is 0 Å². The molecule has 0 aromatic rings. The Balaban J connectivity index is 3.17. The van der Waals surface area contributed by atoms with Crippen LogP contribution in [0, 0.1) is 0 Å². The maximum absolute atomic E-state index is 10.6. The van der Waals surface area contributed by atoms with Gasteiger partial charge in [0.25, 0.3) is 4.82 Å². The lowest BCUT2D eigenvalue weighted by molar-refractivity contribution is 0.261. The largest absolute Gasteiger partial charge is 0.334 e. The Morgan fingerprint density at radius 1 is 1.31 bits per heavy atom. The molecule has 0 aliphatic rings. The first-order valence-electron chi connectivity index (χ1n) is 4.77. The van der Waals surface area contributed by atoms with E-state index in [1.165, 1.54) is 32.1 Å². The first-order valence-corrected chi connectivity index (χ1v) is 6.47. The number of hydrogen-bond donors (Lipinski definition) is 1.